The third-order valence-electron chi connectivity index (χ3n) is 2.93. The van der Waals surface area contributed by atoms with Crippen molar-refractivity contribution in [3.63, 3.8) is 0 Å². The molecule has 0 saturated carbocycles. The number of hydrogen-bond donors (Lipinski definition) is 1. The van der Waals surface area contributed by atoms with E-state index in [-0.39, 0.29) is 0 Å². The SMILES string of the molecule is [N-]=[N+]=Nc1ccccc1-c1nc(N)c2ccccc2n1. The van der Waals surface area contributed by atoms with Crippen LogP contribution in [-0.4, -0.2) is 9.97 Å². The van der Waals surface area contributed by atoms with Gasteiger partial charge in [0.05, 0.1) is 5.52 Å². The van der Waals surface area contributed by atoms with Crippen LogP contribution in [0.4, 0.5) is 11.5 Å². The zero-order valence-corrected chi connectivity index (χ0v) is 10.4. The molecule has 6 heteroatoms. The van der Waals surface area contributed by atoms with E-state index in [9.17, 15) is 0 Å². The predicted octanol–water partition coefficient (Wildman–Crippen LogP) is 3.82. The van der Waals surface area contributed by atoms with E-state index < -0.39 is 0 Å². The van der Waals surface area contributed by atoms with E-state index in [1.165, 1.54) is 0 Å². The molecule has 6 nitrogen and oxygen atoms in total. The summed E-state index contributed by atoms with van der Waals surface area (Å²) in [6, 6.07) is 14.6. The summed E-state index contributed by atoms with van der Waals surface area (Å²) in [6.45, 7) is 0. The molecule has 0 radical (unpaired) electrons. The molecule has 0 amide bonds. The second kappa shape index (κ2) is 4.87. The van der Waals surface area contributed by atoms with Gasteiger partial charge < -0.3 is 5.73 Å². The number of azide groups is 1. The highest BCUT2D eigenvalue weighted by Gasteiger charge is 2.09. The number of aromatic nitrogens is 2. The van der Waals surface area contributed by atoms with Crippen LogP contribution in [-0.2, 0) is 0 Å². The molecule has 3 rings (SSSR count). The van der Waals surface area contributed by atoms with Crippen molar-refractivity contribution < 1.29 is 0 Å². The topological polar surface area (TPSA) is 101 Å². The van der Waals surface area contributed by atoms with E-state index in [0.717, 1.165) is 10.9 Å². The quantitative estimate of drug-likeness (QED) is 0.431. The minimum atomic E-state index is 0.404. The molecule has 2 N–H and O–H groups in total. The summed E-state index contributed by atoms with van der Waals surface area (Å²) in [5.41, 5.74) is 16.5. The molecule has 0 saturated heterocycles. The van der Waals surface area contributed by atoms with E-state index in [0.29, 0.717) is 22.9 Å². The molecule has 96 valence electrons. The van der Waals surface area contributed by atoms with Crippen LogP contribution in [0.5, 0.6) is 0 Å². The second-order valence-electron chi connectivity index (χ2n) is 4.16. The average molecular weight is 262 g/mol. The van der Waals surface area contributed by atoms with Crippen molar-refractivity contribution in [2.24, 2.45) is 5.11 Å². The molecule has 1 heterocycles. The number of hydrogen-bond acceptors (Lipinski definition) is 4. The maximum atomic E-state index is 8.61. The maximum Gasteiger partial charge on any atom is 0.162 e. The van der Waals surface area contributed by atoms with Crippen molar-refractivity contribution >= 4 is 22.4 Å². The van der Waals surface area contributed by atoms with Crippen LogP contribution in [0.25, 0.3) is 32.7 Å². The van der Waals surface area contributed by atoms with Crippen LogP contribution < -0.4 is 5.73 Å². The van der Waals surface area contributed by atoms with Gasteiger partial charge in [-0.05, 0) is 17.7 Å². The lowest BCUT2D eigenvalue weighted by Crippen LogP contribution is -1.97. The molecular weight excluding hydrogens is 252 g/mol. The number of nitrogens with zero attached hydrogens (tertiary/aromatic N) is 5. The van der Waals surface area contributed by atoms with Gasteiger partial charge in [0, 0.05) is 21.5 Å². The van der Waals surface area contributed by atoms with E-state index in [1.807, 2.05) is 30.3 Å². The number of fused-ring (bicyclic) bond motifs is 1. The summed E-state index contributed by atoms with van der Waals surface area (Å²) in [6.07, 6.45) is 0. The van der Waals surface area contributed by atoms with E-state index in [4.69, 9.17) is 11.3 Å². The summed E-state index contributed by atoms with van der Waals surface area (Å²) in [4.78, 5) is 11.6. The molecule has 3 aromatic rings. The minimum absolute atomic E-state index is 0.404. The van der Waals surface area contributed by atoms with Crippen LogP contribution in [0, 0.1) is 0 Å². The van der Waals surface area contributed by atoms with Crippen molar-refractivity contribution in [3.05, 3.63) is 59.0 Å². The highest BCUT2D eigenvalue weighted by Crippen LogP contribution is 2.30. The molecular formula is C14H10N6. The van der Waals surface area contributed by atoms with Gasteiger partial charge in [-0.15, -0.1) is 0 Å². The Bertz CT molecular complexity index is 836. The largest absolute Gasteiger partial charge is 0.383 e. The number of para-hydroxylation sites is 1. The van der Waals surface area contributed by atoms with Crippen molar-refractivity contribution in [3.8, 4) is 11.4 Å². The van der Waals surface area contributed by atoms with Gasteiger partial charge in [-0.25, -0.2) is 9.97 Å². The Morgan fingerprint density at radius 1 is 1.00 bits per heavy atom. The molecule has 0 spiro atoms. The van der Waals surface area contributed by atoms with Gasteiger partial charge in [-0.2, -0.15) is 0 Å². The molecule has 0 bridgehead atoms. The molecule has 1 aromatic heterocycles. The summed E-state index contributed by atoms with van der Waals surface area (Å²) >= 11 is 0. The molecule has 2 aromatic carbocycles. The number of nitrogens with two attached hydrogens (primary N) is 1. The summed E-state index contributed by atoms with van der Waals surface area (Å²) in [5.74, 6) is 0.852. The number of nitrogen functional groups attached to an aromatic ring is 1. The molecule has 0 aliphatic heterocycles. The van der Waals surface area contributed by atoms with Crippen LogP contribution >= 0.6 is 0 Å². The lowest BCUT2D eigenvalue weighted by molar-refractivity contribution is 1.23. The van der Waals surface area contributed by atoms with Gasteiger partial charge in [0.25, 0.3) is 0 Å². The number of anilines is 1. The third-order valence-corrected chi connectivity index (χ3v) is 2.93. The standard InChI is InChI=1S/C14H10N6/c15-13-9-5-1-3-7-11(9)17-14(18-13)10-6-2-4-8-12(10)19-20-16/h1-8H,(H2,15,17,18). The fourth-order valence-electron chi connectivity index (χ4n) is 2.02. The van der Waals surface area contributed by atoms with Gasteiger partial charge in [0.2, 0.25) is 0 Å². The summed E-state index contributed by atoms with van der Waals surface area (Å²) in [5, 5.41) is 4.46. The second-order valence-corrected chi connectivity index (χ2v) is 4.16. The number of rotatable bonds is 2. The highest BCUT2D eigenvalue weighted by molar-refractivity contribution is 5.90. The maximum absolute atomic E-state index is 8.61. The van der Waals surface area contributed by atoms with E-state index >= 15 is 0 Å². The first kappa shape index (κ1) is 12.0. The first-order chi connectivity index (χ1) is 9.79. The first-order valence-corrected chi connectivity index (χ1v) is 5.96. The fraction of sp³-hybridized carbons (Fsp3) is 0. The monoisotopic (exact) mass is 262 g/mol. The van der Waals surface area contributed by atoms with Crippen molar-refractivity contribution in [2.45, 2.75) is 0 Å². The van der Waals surface area contributed by atoms with E-state index in [2.05, 4.69) is 20.0 Å². The van der Waals surface area contributed by atoms with Crippen LogP contribution in [0.1, 0.15) is 0 Å². The normalized spacial score (nSPS) is 10.2. The lowest BCUT2D eigenvalue weighted by atomic mass is 10.1. The lowest BCUT2D eigenvalue weighted by Gasteiger charge is -2.07. The third kappa shape index (κ3) is 2.00. The Hall–Kier alpha value is -3.11. The zero-order chi connectivity index (χ0) is 13.9. The Balaban J connectivity index is 2.28. The van der Waals surface area contributed by atoms with Gasteiger partial charge in [0.15, 0.2) is 5.82 Å². The van der Waals surface area contributed by atoms with Crippen molar-refractivity contribution in [1.29, 1.82) is 0 Å². The van der Waals surface area contributed by atoms with Crippen molar-refractivity contribution in [2.75, 3.05) is 5.73 Å². The first-order valence-electron chi connectivity index (χ1n) is 5.96. The summed E-state index contributed by atoms with van der Waals surface area (Å²) in [7, 11) is 0. The molecule has 0 unspecified atom stereocenters. The smallest absolute Gasteiger partial charge is 0.162 e. The molecule has 0 aliphatic rings. The minimum Gasteiger partial charge on any atom is -0.383 e. The average Bonchev–Trinajstić information content (AvgIpc) is 2.48. The van der Waals surface area contributed by atoms with E-state index in [1.54, 1.807) is 18.2 Å². The highest BCUT2D eigenvalue weighted by atomic mass is 15.1. The van der Waals surface area contributed by atoms with Gasteiger partial charge in [-0.3, -0.25) is 0 Å². The van der Waals surface area contributed by atoms with Crippen LogP contribution in [0.15, 0.2) is 53.6 Å². The van der Waals surface area contributed by atoms with Crippen LogP contribution in [0.2, 0.25) is 0 Å². The number of benzene rings is 2. The van der Waals surface area contributed by atoms with Gasteiger partial charge >= 0.3 is 0 Å². The van der Waals surface area contributed by atoms with Gasteiger partial charge in [0.1, 0.15) is 5.82 Å². The van der Waals surface area contributed by atoms with Crippen molar-refractivity contribution in [1.82, 2.24) is 9.97 Å². The Morgan fingerprint density at radius 3 is 2.60 bits per heavy atom. The molecule has 0 aliphatic carbocycles. The molecule has 0 atom stereocenters. The Morgan fingerprint density at radius 2 is 1.75 bits per heavy atom. The Labute approximate surface area is 114 Å². The van der Waals surface area contributed by atoms with Gasteiger partial charge in [-0.1, -0.05) is 41.5 Å². The zero-order valence-electron chi connectivity index (χ0n) is 10.4. The Kier molecular flexibility index (Phi) is 2.91. The molecule has 0 fully saturated rings. The molecule has 20 heavy (non-hydrogen) atoms. The summed E-state index contributed by atoms with van der Waals surface area (Å²) < 4.78 is 0. The predicted molar refractivity (Wildman–Crippen MR) is 78.2 cm³/mol. The fourth-order valence-corrected chi connectivity index (χ4v) is 2.02. The van der Waals surface area contributed by atoms with Crippen LogP contribution in [0.3, 0.4) is 0 Å².